The molecule has 102 valence electrons. The van der Waals surface area contributed by atoms with E-state index in [1.54, 1.807) is 6.20 Å². The molecule has 1 heterocycles. The summed E-state index contributed by atoms with van der Waals surface area (Å²) in [5, 5.41) is 14.5. The van der Waals surface area contributed by atoms with Gasteiger partial charge in [-0.3, -0.25) is 4.98 Å². The monoisotopic (exact) mass is 259 g/mol. The lowest BCUT2D eigenvalue weighted by Crippen LogP contribution is -2.07. The van der Waals surface area contributed by atoms with Gasteiger partial charge in [0.2, 0.25) is 0 Å². The maximum Gasteiger partial charge on any atom is 0.0456 e. The molecule has 0 saturated carbocycles. The highest BCUT2D eigenvalue weighted by atomic mass is 16.3. The van der Waals surface area contributed by atoms with Crippen LogP contribution in [-0.2, 0) is 0 Å². The Bertz CT molecular complexity index is 542. The molecule has 0 aliphatic heterocycles. The van der Waals surface area contributed by atoms with Gasteiger partial charge >= 0.3 is 0 Å². The van der Waals surface area contributed by atoms with Crippen molar-refractivity contribution in [2.75, 3.05) is 24.2 Å². The topological polar surface area (TPSA) is 71.2 Å². The first-order valence-electron chi connectivity index (χ1n) is 6.69. The first-order valence-corrected chi connectivity index (χ1v) is 6.69. The summed E-state index contributed by atoms with van der Waals surface area (Å²) in [7, 11) is 0. The van der Waals surface area contributed by atoms with Crippen LogP contribution in [0.15, 0.2) is 30.6 Å². The van der Waals surface area contributed by atoms with E-state index in [0.717, 1.165) is 41.5 Å². The van der Waals surface area contributed by atoms with Gasteiger partial charge in [-0.05, 0) is 37.0 Å². The number of nitrogens with two attached hydrogens (primary N) is 1. The fraction of sp³-hybridized carbons (Fsp3) is 0.400. The summed E-state index contributed by atoms with van der Waals surface area (Å²) >= 11 is 0. The van der Waals surface area contributed by atoms with E-state index in [1.165, 1.54) is 0 Å². The number of nitrogen functional groups attached to an aromatic ring is 1. The zero-order valence-corrected chi connectivity index (χ0v) is 11.3. The number of benzene rings is 1. The van der Waals surface area contributed by atoms with Crippen molar-refractivity contribution in [3.8, 4) is 0 Å². The van der Waals surface area contributed by atoms with Crippen molar-refractivity contribution >= 4 is 22.1 Å². The molecule has 1 aromatic carbocycles. The summed E-state index contributed by atoms with van der Waals surface area (Å²) in [6.07, 6.45) is 5.65. The normalized spacial score (nSPS) is 12.5. The number of pyridine rings is 1. The van der Waals surface area contributed by atoms with Crippen molar-refractivity contribution in [2.24, 2.45) is 5.92 Å². The molecule has 0 aliphatic rings. The third-order valence-electron chi connectivity index (χ3n) is 3.35. The predicted molar refractivity (Wildman–Crippen MR) is 80.1 cm³/mol. The van der Waals surface area contributed by atoms with Gasteiger partial charge in [0.1, 0.15) is 0 Å². The number of aliphatic hydroxyl groups is 1. The highest BCUT2D eigenvalue weighted by Crippen LogP contribution is 2.27. The number of hydrogen-bond acceptors (Lipinski definition) is 4. The molecule has 2 aromatic rings. The molecule has 4 nitrogen and oxygen atoms in total. The van der Waals surface area contributed by atoms with E-state index in [9.17, 15) is 0 Å². The van der Waals surface area contributed by atoms with Gasteiger partial charge in [-0.2, -0.15) is 0 Å². The Labute approximate surface area is 113 Å². The summed E-state index contributed by atoms with van der Waals surface area (Å²) in [5.74, 6) is 0.367. The van der Waals surface area contributed by atoms with Crippen molar-refractivity contribution in [2.45, 2.75) is 19.8 Å². The number of hydrogen-bond donors (Lipinski definition) is 3. The van der Waals surface area contributed by atoms with Gasteiger partial charge in [-0.15, -0.1) is 0 Å². The van der Waals surface area contributed by atoms with Crippen molar-refractivity contribution in [1.29, 1.82) is 0 Å². The van der Waals surface area contributed by atoms with E-state index >= 15 is 0 Å². The number of nitrogens with one attached hydrogen (secondary N) is 1. The maximum absolute atomic E-state index is 8.98. The Morgan fingerprint density at radius 2 is 2.16 bits per heavy atom. The van der Waals surface area contributed by atoms with E-state index in [0.29, 0.717) is 5.92 Å². The second kappa shape index (κ2) is 6.38. The van der Waals surface area contributed by atoms with E-state index in [1.807, 2.05) is 24.4 Å². The van der Waals surface area contributed by atoms with Crippen LogP contribution in [0.5, 0.6) is 0 Å². The Kier molecular flexibility index (Phi) is 4.58. The molecule has 1 unspecified atom stereocenters. The largest absolute Gasteiger partial charge is 0.398 e. The summed E-state index contributed by atoms with van der Waals surface area (Å²) in [5.41, 5.74) is 7.79. The highest BCUT2D eigenvalue weighted by molar-refractivity contribution is 6.00. The van der Waals surface area contributed by atoms with Crippen molar-refractivity contribution in [3.05, 3.63) is 30.6 Å². The van der Waals surface area contributed by atoms with Gasteiger partial charge in [0.25, 0.3) is 0 Å². The number of rotatable bonds is 6. The maximum atomic E-state index is 8.98. The van der Waals surface area contributed by atoms with E-state index in [2.05, 4.69) is 17.2 Å². The van der Waals surface area contributed by atoms with E-state index < -0.39 is 0 Å². The summed E-state index contributed by atoms with van der Waals surface area (Å²) in [4.78, 5) is 4.16. The predicted octanol–water partition coefficient (Wildman–Crippen LogP) is 2.64. The molecular weight excluding hydrogens is 238 g/mol. The molecular formula is C15H21N3O. The Balaban J connectivity index is 2.03. The van der Waals surface area contributed by atoms with Crippen LogP contribution in [0.1, 0.15) is 19.8 Å². The smallest absolute Gasteiger partial charge is 0.0456 e. The second-order valence-corrected chi connectivity index (χ2v) is 4.98. The van der Waals surface area contributed by atoms with Gasteiger partial charge < -0.3 is 16.2 Å². The van der Waals surface area contributed by atoms with Crippen molar-refractivity contribution < 1.29 is 5.11 Å². The average molecular weight is 259 g/mol. The third-order valence-corrected chi connectivity index (χ3v) is 3.35. The molecule has 1 atom stereocenters. The number of aromatic nitrogens is 1. The van der Waals surface area contributed by atoms with Crippen molar-refractivity contribution in [3.63, 3.8) is 0 Å². The lowest BCUT2D eigenvalue weighted by molar-refractivity contribution is 0.229. The molecule has 0 radical (unpaired) electrons. The van der Waals surface area contributed by atoms with Gasteiger partial charge in [-0.1, -0.05) is 6.92 Å². The molecule has 4 N–H and O–H groups in total. The summed E-state index contributed by atoms with van der Waals surface area (Å²) in [6.45, 7) is 3.20. The van der Waals surface area contributed by atoms with Crippen molar-refractivity contribution in [1.82, 2.24) is 4.98 Å². The molecule has 0 saturated heterocycles. The number of nitrogens with zero attached hydrogens (tertiary/aromatic N) is 1. The lowest BCUT2D eigenvalue weighted by atomic mass is 10.1. The minimum Gasteiger partial charge on any atom is -0.398 e. The minimum atomic E-state index is 0.259. The molecule has 1 aromatic heterocycles. The van der Waals surface area contributed by atoms with Crippen LogP contribution in [0.2, 0.25) is 0 Å². The first kappa shape index (κ1) is 13.6. The molecule has 4 heteroatoms. The minimum absolute atomic E-state index is 0.259. The lowest BCUT2D eigenvalue weighted by Gasteiger charge is -2.12. The van der Waals surface area contributed by atoms with Crippen LogP contribution in [0.25, 0.3) is 10.8 Å². The number of fused-ring (bicyclic) bond motifs is 1. The van der Waals surface area contributed by atoms with Crippen LogP contribution < -0.4 is 11.1 Å². The molecule has 0 amide bonds. The summed E-state index contributed by atoms with van der Waals surface area (Å²) in [6, 6.07) is 5.85. The van der Waals surface area contributed by atoms with E-state index in [4.69, 9.17) is 10.8 Å². The number of aliphatic hydroxyl groups excluding tert-OH is 1. The average Bonchev–Trinajstić information content (AvgIpc) is 2.45. The molecule has 0 fully saturated rings. The zero-order chi connectivity index (χ0) is 13.7. The van der Waals surface area contributed by atoms with Gasteiger partial charge in [0, 0.05) is 47.7 Å². The van der Waals surface area contributed by atoms with Crippen LogP contribution in [0, 0.1) is 5.92 Å². The van der Waals surface area contributed by atoms with Crippen LogP contribution in [0.3, 0.4) is 0 Å². The fourth-order valence-corrected chi connectivity index (χ4v) is 2.13. The van der Waals surface area contributed by atoms with Gasteiger partial charge in [-0.25, -0.2) is 0 Å². The molecule has 2 rings (SSSR count). The zero-order valence-electron chi connectivity index (χ0n) is 11.3. The first-order chi connectivity index (χ1) is 9.22. The molecule has 0 aliphatic carbocycles. The van der Waals surface area contributed by atoms with Crippen LogP contribution in [-0.4, -0.2) is 23.2 Å². The molecule has 0 spiro atoms. The Morgan fingerprint density at radius 1 is 1.32 bits per heavy atom. The summed E-state index contributed by atoms with van der Waals surface area (Å²) < 4.78 is 0. The Hall–Kier alpha value is -1.81. The standard InChI is InChI=1S/C15H21N3O/c1-11(10-19)3-2-7-18-15-5-4-14(16)12-6-8-17-9-13(12)15/h4-6,8-9,11,18-19H,2-3,7,10,16H2,1H3. The fourth-order valence-electron chi connectivity index (χ4n) is 2.13. The SMILES string of the molecule is CC(CO)CCCNc1ccc(N)c2ccncc12. The van der Waals surface area contributed by atoms with E-state index in [-0.39, 0.29) is 6.61 Å². The Morgan fingerprint density at radius 3 is 2.95 bits per heavy atom. The second-order valence-electron chi connectivity index (χ2n) is 4.98. The highest BCUT2D eigenvalue weighted by Gasteiger charge is 2.04. The molecule has 0 bridgehead atoms. The quantitative estimate of drug-likeness (QED) is 0.551. The van der Waals surface area contributed by atoms with Crippen LogP contribution >= 0.6 is 0 Å². The van der Waals surface area contributed by atoms with Crippen LogP contribution in [0.4, 0.5) is 11.4 Å². The van der Waals surface area contributed by atoms with Gasteiger partial charge in [0.05, 0.1) is 0 Å². The molecule has 19 heavy (non-hydrogen) atoms. The van der Waals surface area contributed by atoms with Gasteiger partial charge in [0.15, 0.2) is 0 Å². The number of anilines is 2. The third kappa shape index (κ3) is 3.35.